The SMILES string of the molecule is CC[C@H](C)[C@H](C)C(=O)N1CCSC1. The lowest BCUT2D eigenvalue weighted by atomic mass is 9.92. The van der Waals surface area contributed by atoms with Gasteiger partial charge in [-0.2, -0.15) is 0 Å². The first-order valence-electron chi connectivity index (χ1n) is 5.03. The second-order valence-electron chi connectivity index (χ2n) is 3.81. The highest BCUT2D eigenvalue weighted by Gasteiger charge is 2.26. The quantitative estimate of drug-likeness (QED) is 0.697. The zero-order valence-electron chi connectivity index (χ0n) is 8.75. The van der Waals surface area contributed by atoms with Crippen molar-refractivity contribution in [3.8, 4) is 0 Å². The van der Waals surface area contributed by atoms with E-state index in [-0.39, 0.29) is 5.92 Å². The lowest BCUT2D eigenvalue weighted by Gasteiger charge is -2.23. The van der Waals surface area contributed by atoms with Crippen molar-refractivity contribution in [3.05, 3.63) is 0 Å². The minimum Gasteiger partial charge on any atom is -0.332 e. The molecule has 0 unspecified atom stereocenters. The molecule has 0 aliphatic carbocycles. The third-order valence-corrected chi connectivity index (χ3v) is 3.92. The lowest BCUT2D eigenvalue weighted by molar-refractivity contribution is -0.135. The molecule has 0 radical (unpaired) electrons. The number of thioether (sulfide) groups is 1. The highest BCUT2D eigenvalue weighted by molar-refractivity contribution is 7.99. The van der Waals surface area contributed by atoms with Crippen molar-refractivity contribution in [1.82, 2.24) is 4.90 Å². The minimum atomic E-state index is 0.198. The number of nitrogens with zero attached hydrogens (tertiary/aromatic N) is 1. The van der Waals surface area contributed by atoms with Crippen LogP contribution in [-0.4, -0.2) is 29.0 Å². The van der Waals surface area contributed by atoms with Gasteiger partial charge in [-0.15, -0.1) is 11.8 Å². The molecule has 0 aromatic carbocycles. The summed E-state index contributed by atoms with van der Waals surface area (Å²) in [4.78, 5) is 13.8. The molecule has 13 heavy (non-hydrogen) atoms. The highest BCUT2D eigenvalue weighted by Crippen LogP contribution is 2.21. The molecule has 1 heterocycles. The standard InChI is InChI=1S/C10H19NOS/c1-4-8(2)9(3)10(12)11-5-6-13-7-11/h8-9H,4-7H2,1-3H3/t8-,9-/m0/s1. The molecule has 0 bridgehead atoms. The first-order valence-corrected chi connectivity index (χ1v) is 6.18. The summed E-state index contributed by atoms with van der Waals surface area (Å²) in [6.45, 7) is 7.31. The maximum Gasteiger partial charge on any atom is 0.226 e. The van der Waals surface area contributed by atoms with Crippen LogP contribution in [0.15, 0.2) is 0 Å². The zero-order chi connectivity index (χ0) is 9.84. The number of hydrogen-bond acceptors (Lipinski definition) is 2. The highest BCUT2D eigenvalue weighted by atomic mass is 32.2. The molecule has 0 N–H and O–H groups in total. The topological polar surface area (TPSA) is 20.3 Å². The number of hydrogen-bond donors (Lipinski definition) is 0. The molecule has 2 nitrogen and oxygen atoms in total. The van der Waals surface area contributed by atoms with E-state index in [0.29, 0.717) is 11.8 Å². The van der Waals surface area contributed by atoms with Crippen molar-refractivity contribution in [3.63, 3.8) is 0 Å². The zero-order valence-corrected chi connectivity index (χ0v) is 9.56. The summed E-state index contributed by atoms with van der Waals surface area (Å²) in [5.41, 5.74) is 0. The van der Waals surface area contributed by atoms with Gasteiger partial charge in [-0.05, 0) is 5.92 Å². The first-order chi connectivity index (χ1) is 6.16. The summed E-state index contributed by atoms with van der Waals surface area (Å²) in [5, 5.41) is 0. The fraction of sp³-hybridized carbons (Fsp3) is 0.900. The fourth-order valence-electron chi connectivity index (χ4n) is 1.47. The van der Waals surface area contributed by atoms with Crippen molar-refractivity contribution in [1.29, 1.82) is 0 Å². The van der Waals surface area contributed by atoms with Crippen LogP contribution in [0.5, 0.6) is 0 Å². The fourth-order valence-corrected chi connectivity index (χ4v) is 2.43. The summed E-state index contributed by atoms with van der Waals surface area (Å²) in [6, 6.07) is 0. The predicted molar refractivity (Wildman–Crippen MR) is 57.7 cm³/mol. The molecular formula is C10H19NOS. The molecule has 3 heteroatoms. The van der Waals surface area contributed by atoms with Crippen molar-refractivity contribution in [2.45, 2.75) is 27.2 Å². The summed E-state index contributed by atoms with van der Waals surface area (Å²) in [6.07, 6.45) is 1.09. The number of amides is 1. The van der Waals surface area contributed by atoms with Gasteiger partial charge in [-0.25, -0.2) is 0 Å². The Morgan fingerprint density at radius 3 is 2.69 bits per heavy atom. The van der Waals surface area contributed by atoms with E-state index in [9.17, 15) is 4.79 Å². The van der Waals surface area contributed by atoms with E-state index in [2.05, 4.69) is 20.8 Å². The Morgan fingerprint density at radius 1 is 1.54 bits per heavy atom. The molecule has 0 spiro atoms. The largest absolute Gasteiger partial charge is 0.332 e. The molecule has 2 atom stereocenters. The summed E-state index contributed by atoms with van der Waals surface area (Å²) >= 11 is 1.85. The molecule has 0 saturated carbocycles. The van der Waals surface area contributed by atoms with Crippen molar-refractivity contribution >= 4 is 17.7 Å². The third-order valence-electron chi connectivity index (χ3n) is 2.95. The summed E-state index contributed by atoms with van der Waals surface area (Å²) in [5.74, 6) is 3.07. The summed E-state index contributed by atoms with van der Waals surface area (Å²) < 4.78 is 0. The molecular weight excluding hydrogens is 182 g/mol. The van der Waals surface area contributed by atoms with Crippen LogP contribution >= 0.6 is 11.8 Å². The number of rotatable bonds is 3. The Balaban J connectivity index is 2.45. The molecule has 0 aromatic heterocycles. The lowest BCUT2D eigenvalue weighted by Crippen LogP contribution is -2.35. The van der Waals surface area contributed by atoms with Crippen LogP contribution in [0.4, 0.5) is 0 Å². The maximum absolute atomic E-state index is 11.9. The van der Waals surface area contributed by atoms with Crippen LogP contribution in [0.1, 0.15) is 27.2 Å². The van der Waals surface area contributed by atoms with Gasteiger partial charge in [-0.3, -0.25) is 4.79 Å². The Bertz CT molecular complexity index is 178. The van der Waals surface area contributed by atoms with Gasteiger partial charge in [0, 0.05) is 18.2 Å². The smallest absolute Gasteiger partial charge is 0.226 e. The van der Waals surface area contributed by atoms with E-state index in [1.54, 1.807) is 0 Å². The Morgan fingerprint density at radius 2 is 2.23 bits per heavy atom. The number of carbonyl (C=O) groups excluding carboxylic acids is 1. The van der Waals surface area contributed by atoms with Gasteiger partial charge in [0.2, 0.25) is 5.91 Å². The molecule has 1 saturated heterocycles. The third kappa shape index (κ3) is 2.63. The van der Waals surface area contributed by atoms with Gasteiger partial charge < -0.3 is 4.90 Å². The van der Waals surface area contributed by atoms with Crippen LogP contribution in [0, 0.1) is 11.8 Å². The molecule has 0 aromatic rings. The van der Waals surface area contributed by atoms with E-state index in [1.807, 2.05) is 16.7 Å². The van der Waals surface area contributed by atoms with Gasteiger partial charge in [0.05, 0.1) is 5.88 Å². The van der Waals surface area contributed by atoms with Crippen LogP contribution in [-0.2, 0) is 4.79 Å². The van der Waals surface area contributed by atoms with Crippen molar-refractivity contribution < 1.29 is 4.79 Å². The Hall–Kier alpha value is -0.180. The first kappa shape index (κ1) is 10.9. The van der Waals surface area contributed by atoms with Gasteiger partial charge >= 0.3 is 0 Å². The van der Waals surface area contributed by atoms with Gasteiger partial charge in [-0.1, -0.05) is 27.2 Å². The average Bonchev–Trinajstić information content (AvgIpc) is 2.67. The normalized spacial score (nSPS) is 21.6. The molecule has 1 rings (SSSR count). The van der Waals surface area contributed by atoms with E-state index in [4.69, 9.17) is 0 Å². The molecule has 1 fully saturated rings. The van der Waals surface area contributed by atoms with Gasteiger partial charge in [0.1, 0.15) is 0 Å². The molecule has 1 amide bonds. The van der Waals surface area contributed by atoms with E-state index in [0.717, 1.165) is 24.6 Å². The van der Waals surface area contributed by atoms with E-state index < -0.39 is 0 Å². The second-order valence-corrected chi connectivity index (χ2v) is 4.89. The Labute approximate surface area is 85.1 Å². The molecule has 1 aliphatic heterocycles. The predicted octanol–water partition coefficient (Wildman–Crippen LogP) is 2.20. The maximum atomic E-state index is 11.9. The van der Waals surface area contributed by atoms with Crippen LogP contribution in [0.3, 0.4) is 0 Å². The van der Waals surface area contributed by atoms with Crippen molar-refractivity contribution in [2.75, 3.05) is 18.2 Å². The monoisotopic (exact) mass is 201 g/mol. The molecule has 76 valence electrons. The molecule has 1 aliphatic rings. The van der Waals surface area contributed by atoms with Crippen molar-refractivity contribution in [2.24, 2.45) is 11.8 Å². The van der Waals surface area contributed by atoms with E-state index in [1.165, 1.54) is 0 Å². The van der Waals surface area contributed by atoms with Crippen LogP contribution in [0.2, 0.25) is 0 Å². The average molecular weight is 201 g/mol. The van der Waals surface area contributed by atoms with Gasteiger partial charge in [0.25, 0.3) is 0 Å². The minimum absolute atomic E-state index is 0.198. The second kappa shape index (κ2) is 4.89. The van der Waals surface area contributed by atoms with Crippen LogP contribution < -0.4 is 0 Å². The summed E-state index contributed by atoms with van der Waals surface area (Å²) in [7, 11) is 0. The van der Waals surface area contributed by atoms with Gasteiger partial charge in [0.15, 0.2) is 0 Å². The number of carbonyl (C=O) groups is 1. The van der Waals surface area contributed by atoms with Crippen LogP contribution in [0.25, 0.3) is 0 Å². The van der Waals surface area contributed by atoms with E-state index >= 15 is 0 Å². The Kier molecular flexibility index (Phi) is 4.10.